The zero-order valence-electron chi connectivity index (χ0n) is 10.6. The van der Waals surface area contributed by atoms with E-state index in [9.17, 15) is 18.3 Å². The maximum absolute atomic E-state index is 13.3. The van der Waals surface area contributed by atoms with Crippen LogP contribution in [0.2, 0.25) is 0 Å². The minimum absolute atomic E-state index is 0.163. The fourth-order valence-electron chi connectivity index (χ4n) is 1.89. The normalized spacial score (nSPS) is 12.7. The third-order valence-corrected chi connectivity index (χ3v) is 2.98. The van der Waals surface area contributed by atoms with E-state index in [0.29, 0.717) is 12.5 Å². The van der Waals surface area contributed by atoms with Gasteiger partial charge in [-0.25, -0.2) is 13.2 Å². The molecule has 1 rings (SSSR count). The zero-order chi connectivity index (χ0) is 13.5. The Bertz CT molecular complexity index is 380. The SMILES string of the molecule is CCCCCCCC(O)c1cc(F)c(F)cc1F. The van der Waals surface area contributed by atoms with Gasteiger partial charge in [-0.2, -0.15) is 0 Å². The van der Waals surface area contributed by atoms with E-state index in [0.717, 1.165) is 38.2 Å². The summed E-state index contributed by atoms with van der Waals surface area (Å²) in [6.45, 7) is 2.10. The topological polar surface area (TPSA) is 20.2 Å². The summed E-state index contributed by atoms with van der Waals surface area (Å²) in [6.07, 6.45) is 4.34. The molecule has 4 heteroatoms. The third kappa shape index (κ3) is 4.33. The maximum Gasteiger partial charge on any atom is 0.161 e. The van der Waals surface area contributed by atoms with E-state index in [-0.39, 0.29) is 5.56 Å². The number of aliphatic hydroxyl groups excluding tert-OH is 1. The van der Waals surface area contributed by atoms with E-state index >= 15 is 0 Å². The lowest BCUT2D eigenvalue weighted by Crippen LogP contribution is -2.03. The van der Waals surface area contributed by atoms with E-state index < -0.39 is 23.6 Å². The Hall–Kier alpha value is -1.03. The lowest BCUT2D eigenvalue weighted by molar-refractivity contribution is 0.158. The van der Waals surface area contributed by atoms with Crippen LogP contribution in [0.4, 0.5) is 13.2 Å². The van der Waals surface area contributed by atoms with Crippen molar-refractivity contribution in [1.29, 1.82) is 0 Å². The van der Waals surface area contributed by atoms with E-state index in [1.807, 2.05) is 0 Å². The molecular weight excluding hydrogens is 241 g/mol. The van der Waals surface area contributed by atoms with E-state index in [1.165, 1.54) is 0 Å². The molecular formula is C14H19F3O. The van der Waals surface area contributed by atoms with Gasteiger partial charge < -0.3 is 5.11 Å². The van der Waals surface area contributed by atoms with Gasteiger partial charge in [0.2, 0.25) is 0 Å². The molecule has 1 nitrogen and oxygen atoms in total. The predicted octanol–water partition coefficient (Wildman–Crippen LogP) is 4.50. The van der Waals surface area contributed by atoms with Crippen molar-refractivity contribution < 1.29 is 18.3 Å². The highest BCUT2D eigenvalue weighted by molar-refractivity contribution is 5.22. The lowest BCUT2D eigenvalue weighted by atomic mass is 10.0. The first kappa shape index (κ1) is 15.0. The first-order chi connectivity index (χ1) is 8.56. The van der Waals surface area contributed by atoms with Crippen LogP contribution in [0.15, 0.2) is 12.1 Å². The zero-order valence-corrected chi connectivity index (χ0v) is 10.6. The molecule has 0 radical (unpaired) electrons. The second-order valence-electron chi connectivity index (χ2n) is 4.51. The highest BCUT2D eigenvalue weighted by Gasteiger charge is 2.16. The molecule has 1 aromatic rings. The summed E-state index contributed by atoms with van der Waals surface area (Å²) in [5.41, 5.74) is -0.163. The maximum atomic E-state index is 13.3. The van der Waals surface area contributed by atoms with Gasteiger partial charge in [-0.05, 0) is 12.5 Å². The number of benzene rings is 1. The van der Waals surface area contributed by atoms with Crippen LogP contribution < -0.4 is 0 Å². The molecule has 0 bridgehead atoms. The molecule has 0 aliphatic carbocycles. The Morgan fingerprint density at radius 1 is 0.944 bits per heavy atom. The fourth-order valence-corrected chi connectivity index (χ4v) is 1.89. The second-order valence-corrected chi connectivity index (χ2v) is 4.51. The summed E-state index contributed by atoms with van der Waals surface area (Å²) in [4.78, 5) is 0. The van der Waals surface area contributed by atoms with Gasteiger partial charge in [0.05, 0.1) is 6.10 Å². The number of hydrogen-bond donors (Lipinski definition) is 1. The smallest absolute Gasteiger partial charge is 0.161 e. The van der Waals surface area contributed by atoms with Gasteiger partial charge in [0.25, 0.3) is 0 Å². The lowest BCUT2D eigenvalue weighted by Gasteiger charge is -2.12. The Kier molecular flexibility index (Phi) is 6.19. The summed E-state index contributed by atoms with van der Waals surface area (Å²) in [6, 6.07) is 1.21. The van der Waals surface area contributed by atoms with Crippen molar-refractivity contribution in [2.24, 2.45) is 0 Å². The van der Waals surface area contributed by atoms with Crippen molar-refractivity contribution in [2.45, 2.75) is 51.6 Å². The number of halogens is 3. The van der Waals surface area contributed by atoms with Crippen molar-refractivity contribution in [1.82, 2.24) is 0 Å². The first-order valence-corrected chi connectivity index (χ1v) is 6.38. The van der Waals surface area contributed by atoms with Gasteiger partial charge in [0.1, 0.15) is 5.82 Å². The van der Waals surface area contributed by atoms with Crippen LogP contribution in [-0.2, 0) is 0 Å². The number of hydrogen-bond acceptors (Lipinski definition) is 1. The minimum atomic E-state index is -1.23. The van der Waals surface area contributed by atoms with Crippen LogP contribution in [0.5, 0.6) is 0 Å². The number of rotatable bonds is 7. The van der Waals surface area contributed by atoms with Gasteiger partial charge in [0.15, 0.2) is 11.6 Å². The van der Waals surface area contributed by atoms with Crippen molar-refractivity contribution in [3.8, 4) is 0 Å². The Labute approximate surface area is 106 Å². The van der Waals surface area contributed by atoms with Crippen LogP contribution >= 0.6 is 0 Å². The highest BCUT2D eigenvalue weighted by Crippen LogP contribution is 2.24. The minimum Gasteiger partial charge on any atom is -0.388 e. The number of aliphatic hydroxyl groups is 1. The Morgan fingerprint density at radius 2 is 1.56 bits per heavy atom. The molecule has 0 spiro atoms. The molecule has 1 aromatic carbocycles. The van der Waals surface area contributed by atoms with Gasteiger partial charge in [-0.3, -0.25) is 0 Å². The average molecular weight is 260 g/mol. The Morgan fingerprint density at radius 3 is 2.22 bits per heavy atom. The summed E-state index contributed by atoms with van der Waals surface area (Å²) in [7, 11) is 0. The van der Waals surface area contributed by atoms with Crippen LogP contribution in [0.25, 0.3) is 0 Å². The summed E-state index contributed by atoms with van der Waals surface area (Å²) < 4.78 is 39.0. The molecule has 1 N–H and O–H groups in total. The molecule has 102 valence electrons. The van der Waals surface area contributed by atoms with E-state index in [2.05, 4.69) is 6.92 Å². The first-order valence-electron chi connectivity index (χ1n) is 6.38. The molecule has 0 aromatic heterocycles. The molecule has 0 saturated heterocycles. The fraction of sp³-hybridized carbons (Fsp3) is 0.571. The van der Waals surface area contributed by atoms with Crippen LogP contribution in [0, 0.1) is 17.5 Å². The van der Waals surface area contributed by atoms with Crippen molar-refractivity contribution in [2.75, 3.05) is 0 Å². The third-order valence-electron chi connectivity index (χ3n) is 2.98. The second kappa shape index (κ2) is 7.41. The molecule has 1 atom stereocenters. The number of unbranched alkanes of at least 4 members (excludes halogenated alkanes) is 4. The predicted molar refractivity (Wildman–Crippen MR) is 64.7 cm³/mol. The van der Waals surface area contributed by atoms with Crippen molar-refractivity contribution in [3.05, 3.63) is 35.1 Å². The van der Waals surface area contributed by atoms with Gasteiger partial charge >= 0.3 is 0 Å². The molecule has 0 fully saturated rings. The molecule has 1 unspecified atom stereocenters. The average Bonchev–Trinajstić information content (AvgIpc) is 2.33. The summed E-state index contributed by atoms with van der Waals surface area (Å²) in [5.74, 6) is -3.25. The van der Waals surface area contributed by atoms with Crippen molar-refractivity contribution in [3.63, 3.8) is 0 Å². The van der Waals surface area contributed by atoms with Crippen LogP contribution in [0.1, 0.15) is 57.1 Å². The van der Waals surface area contributed by atoms with Gasteiger partial charge in [-0.1, -0.05) is 39.0 Å². The van der Waals surface area contributed by atoms with E-state index in [1.54, 1.807) is 0 Å². The quantitative estimate of drug-likeness (QED) is 0.565. The largest absolute Gasteiger partial charge is 0.388 e. The Balaban J connectivity index is 2.51. The standard InChI is InChI=1S/C14H19F3O/c1-2-3-4-5-6-7-14(18)10-8-12(16)13(17)9-11(10)15/h8-9,14,18H,2-7H2,1H3. The summed E-state index contributed by atoms with van der Waals surface area (Å²) >= 11 is 0. The van der Waals surface area contributed by atoms with Gasteiger partial charge in [-0.15, -0.1) is 0 Å². The van der Waals surface area contributed by atoms with Crippen molar-refractivity contribution >= 4 is 0 Å². The molecule has 0 amide bonds. The molecule has 0 aliphatic rings. The van der Waals surface area contributed by atoms with Gasteiger partial charge in [0, 0.05) is 11.6 Å². The summed E-state index contributed by atoms with van der Waals surface area (Å²) in [5, 5.41) is 9.74. The molecule has 0 heterocycles. The van der Waals surface area contributed by atoms with Crippen LogP contribution in [0.3, 0.4) is 0 Å². The van der Waals surface area contributed by atoms with E-state index in [4.69, 9.17) is 0 Å². The van der Waals surface area contributed by atoms with Crippen LogP contribution in [-0.4, -0.2) is 5.11 Å². The molecule has 18 heavy (non-hydrogen) atoms. The highest BCUT2D eigenvalue weighted by atomic mass is 19.2. The monoisotopic (exact) mass is 260 g/mol. The molecule has 0 saturated carbocycles. The molecule has 0 aliphatic heterocycles.